The molecule has 2 nitrogen and oxygen atoms in total. The Hall–Kier alpha value is -8.24. The Balaban J connectivity index is 1.24. The van der Waals surface area contributed by atoms with Crippen molar-refractivity contribution in [2.45, 2.75) is 5.41 Å². The van der Waals surface area contributed by atoms with E-state index >= 15 is 0 Å². The molecule has 0 unspecified atom stereocenters. The van der Waals surface area contributed by atoms with E-state index in [0.29, 0.717) is 0 Å². The highest BCUT2D eigenvalue weighted by Crippen LogP contribution is 2.60. The first-order valence-electron chi connectivity index (χ1n) is 22.7. The molecule has 66 heavy (non-hydrogen) atoms. The fraction of sp³-hybridized carbons (Fsp3) is 0.0159. The van der Waals surface area contributed by atoms with Crippen molar-refractivity contribution in [2.75, 3.05) is 9.80 Å². The molecule has 1 aromatic heterocycles. The van der Waals surface area contributed by atoms with Crippen molar-refractivity contribution >= 4 is 87.2 Å². The van der Waals surface area contributed by atoms with Crippen molar-refractivity contribution < 1.29 is 0 Å². The van der Waals surface area contributed by atoms with Crippen LogP contribution in [0.25, 0.3) is 52.8 Å². The summed E-state index contributed by atoms with van der Waals surface area (Å²) >= 11 is 1.92. The van der Waals surface area contributed by atoms with Gasteiger partial charge in [0, 0.05) is 32.9 Å². The Morgan fingerprint density at radius 1 is 0.288 bits per heavy atom. The Morgan fingerprint density at radius 2 is 0.727 bits per heavy atom. The molecular formula is C63H42N2S. The van der Waals surface area contributed by atoms with Gasteiger partial charge in [0.2, 0.25) is 0 Å². The molecule has 13 rings (SSSR count). The van der Waals surface area contributed by atoms with Gasteiger partial charge in [0.25, 0.3) is 0 Å². The van der Waals surface area contributed by atoms with Gasteiger partial charge in [-0.25, -0.2) is 0 Å². The van der Waals surface area contributed by atoms with Crippen LogP contribution in [0.4, 0.5) is 34.1 Å². The number of benzene rings is 11. The third-order valence-electron chi connectivity index (χ3n) is 13.7. The van der Waals surface area contributed by atoms with Gasteiger partial charge in [-0.15, -0.1) is 11.3 Å². The van der Waals surface area contributed by atoms with E-state index in [2.05, 4.69) is 265 Å². The molecular weight excluding hydrogens is 817 g/mol. The first kappa shape index (κ1) is 38.2. The Bertz CT molecular complexity index is 3720. The number of nitrogens with zero attached hydrogens (tertiary/aromatic N) is 2. The molecule has 3 heteroatoms. The highest BCUT2D eigenvalue weighted by atomic mass is 32.1. The standard InChI is InChI=1S/C63H42N2S/c1-5-25-45(26-6-1)63(46-27-7-2-8-28-46)53-36-18-17-35-51(53)52-39-41-57(64(47-29-9-3-10-30-47)55-37-19-23-43-21-13-15-33-49(43)55)61-59(52)60-54(63)40-42-58(62(60)66-61)65(48-31-11-4-12-32-48)56-38-20-24-44-22-14-16-34-50(44)56/h1-42H. The predicted molar refractivity (Wildman–Crippen MR) is 281 cm³/mol. The number of para-hydroxylation sites is 2. The highest BCUT2D eigenvalue weighted by molar-refractivity contribution is 7.27. The lowest BCUT2D eigenvalue weighted by atomic mass is 9.64. The van der Waals surface area contributed by atoms with Crippen molar-refractivity contribution in [3.63, 3.8) is 0 Å². The van der Waals surface area contributed by atoms with Crippen LogP contribution < -0.4 is 9.80 Å². The number of fused-ring (bicyclic) bond motifs is 4. The van der Waals surface area contributed by atoms with Crippen molar-refractivity contribution in [3.8, 4) is 11.1 Å². The van der Waals surface area contributed by atoms with Gasteiger partial charge >= 0.3 is 0 Å². The Labute approximate surface area is 388 Å². The van der Waals surface area contributed by atoms with E-state index in [0.717, 1.165) is 34.1 Å². The largest absolute Gasteiger partial charge is 0.308 e. The number of anilines is 6. The molecule has 1 aliphatic carbocycles. The second-order valence-corrected chi connectivity index (χ2v) is 18.2. The molecule has 11 aromatic carbocycles. The van der Waals surface area contributed by atoms with Crippen LogP contribution in [0.15, 0.2) is 255 Å². The lowest BCUT2D eigenvalue weighted by molar-refractivity contribution is 0.756. The molecule has 0 aliphatic heterocycles. The van der Waals surface area contributed by atoms with Crippen LogP contribution in [0.2, 0.25) is 0 Å². The predicted octanol–water partition coefficient (Wildman–Crippen LogP) is 17.7. The third-order valence-corrected chi connectivity index (χ3v) is 14.9. The minimum absolute atomic E-state index is 0.658. The summed E-state index contributed by atoms with van der Waals surface area (Å²) < 4.78 is 2.48. The summed E-state index contributed by atoms with van der Waals surface area (Å²) in [6.07, 6.45) is 0. The number of rotatable bonds is 8. The summed E-state index contributed by atoms with van der Waals surface area (Å²) in [4.78, 5) is 4.99. The minimum Gasteiger partial charge on any atom is -0.308 e. The lowest BCUT2D eigenvalue weighted by Crippen LogP contribution is -2.31. The molecule has 0 saturated carbocycles. The van der Waals surface area contributed by atoms with Crippen molar-refractivity contribution in [3.05, 3.63) is 277 Å². The summed E-state index contributed by atoms with van der Waals surface area (Å²) in [5.74, 6) is 0. The monoisotopic (exact) mass is 858 g/mol. The van der Waals surface area contributed by atoms with Crippen LogP contribution in [0, 0.1) is 0 Å². The second kappa shape index (κ2) is 15.5. The van der Waals surface area contributed by atoms with Gasteiger partial charge in [0.1, 0.15) is 0 Å². The zero-order chi connectivity index (χ0) is 43.6. The van der Waals surface area contributed by atoms with Gasteiger partial charge in [-0.1, -0.05) is 206 Å². The first-order valence-corrected chi connectivity index (χ1v) is 23.5. The zero-order valence-corrected chi connectivity index (χ0v) is 36.9. The third kappa shape index (κ3) is 5.73. The number of hydrogen-bond donors (Lipinski definition) is 0. The van der Waals surface area contributed by atoms with E-state index in [-0.39, 0.29) is 0 Å². The van der Waals surface area contributed by atoms with Crippen molar-refractivity contribution in [1.82, 2.24) is 0 Å². The average molecular weight is 859 g/mol. The highest BCUT2D eigenvalue weighted by Gasteiger charge is 2.44. The Kier molecular flexibility index (Phi) is 8.97. The van der Waals surface area contributed by atoms with Gasteiger partial charge in [-0.05, 0) is 92.7 Å². The molecule has 0 bridgehead atoms. The van der Waals surface area contributed by atoms with Crippen LogP contribution in [0.3, 0.4) is 0 Å². The van der Waals surface area contributed by atoms with E-state index in [1.807, 2.05) is 11.3 Å². The van der Waals surface area contributed by atoms with E-state index in [9.17, 15) is 0 Å². The lowest BCUT2D eigenvalue weighted by Gasteiger charge is -2.38. The van der Waals surface area contributed by atoms with E-state index in [1.54, 1.807) is 0 Å². The molecule has 1 heterocycles. The summed E-state index contributed by atoms with van der Waals surface area (Å²) in [6.45, 7) is 0. The van der Waals surface area contributed by atoms with Crippen LogP contribution >= 0.6 is 11.3 Å². The maximum atomic E-state index is 2.50. The van der Waals surface area contributed by atoms with Gasteiger partial charge < -0.3 is 9.80 Å². The smallest absolute Gasteiger partial charge is 0.0714 e. The summed E-state index contributed by atoms with van der Waals surface area (Å²) in [5, 5.41) is 7.38. The number of hydrogen-bond acceptors (Lipinski definition) is 3. The van der Waals surface area contributed by atoms with Gasteiger partial charge in [0.05, 0.1) is 37.6 Å². The quantitative estimate of drug-likeness (QED) is 0.150. The van der Waals surface area contributed by atoms with Gasteiger partial charge in [-0.3, -0.25) is 0 Å². The molecule has 1 aliphatic rings. The zero-order valence-electron chi connectivity index (χ0n) is 36.1. The molecule has 310 valence electrons. The fourth-order valence-electron chi connectivity index (χ4n) is 11.0. The maximum absolute atomic E-state index is 2.50. The summed E-state index contributed by atoms with van der Waals surface area (Å²) in [6, 6.07) is 94.0. The van der Waals surface area contributed by atoms with Crippen LogP contribution in [-0.4, -0.2) is 0 Å². The molecule has 0 fully saturated rings. The van der Waals surface area contributed by atoms with E-state index < -0.39 is 5.41 Å². The summed E-state index contributed by atoms with van der Waals surface area (Å²) in [5.41, 5.74) is 13.6. The maximum Gasteiger partial charge on any atom is 0.0714 e. The van der Waals surface area contributed by atoms with Crippen molar-refractivity contribution in [1.29, 1.82) is 0 Å². The molecule has 0 N–H and O–H groups in total. The van der Waals surface area contributed by atoms with Gasteiger partial charge in [0.15, 0.2) is 0 Å². The van der Waals surface area contributed by atoms with E-state index in [1.165, 1.54) is 75.1 Å². The normalized spacial score (nSPS) is 12.7. The topological polar surface area (TPSA) is 6.48 Å². The minimum atomic E-state index is -0.658. The molecule has 0 amide bonds. The average Bonchev–Trinajstić information content (AvgIpc) is 3.76. The number of thiophene rings is 1. The molecule has 0 saturated heterocycles. The van der Waals surface area contributed by atoms with Crippen molar-refractivity contribution in [2.24, 2.45) is 0 Å². The molecule has 0 spiro atoms. The first-order chi connectivity index (χ1) is 32.8. The summed E-state index contributed by atoms with van der Waals surface area (Å²) in [7, 11) is 0. The Morgan fingerprint density at radius 3 is 1.29 bits per heavy atom. The van der Waals surface area contributed by atoms with Gasteiger partial charge in [-0.2, -0.15) is 0 Å². The van der Waals surface area contributed by atoms with Crippen LogP contribution in [-0.2, 0) is 5.41 Å². The SMILES string of the molecule is c1ccc(N(c2cccc3ccccc23)c2ccc3c4c2sc2c(N(c5ccccc5)c5cccc6ccccc56)ccc(c24)C(c2ccccc2)(c2ccccc2)c2ccccc2-3)cc1. The second-order valence-electron chi connectivity index (χ2n) is 17.1. The van der Waals surface area contributed by atoms with Crippen LogP contribution in [0.5, 0.6) is 0 Å². The fourth-order valence-corrected chi connectivity index (χ4v) is 12.3. The van der Waals surface area contributed by atoms with E-state index in [4.69, 9.17) is 0 Å². The molecule has 0 atom stereocenters. The molecule has 12 aromatic rings. The molecule has 0 radical (unpaired) electrons. The van der Waals surface area contributed by atoms with Crippen LogP contribution in [0.1, 0.15) is 22.3 Å².